The number of anilines is 1. The summed E-state index contributed by atoms with van der Waals surface area (Å²) in [6.07, 6.45) is 1.45. The molecule has 4 aromatic rings. The molecule has 0 atom stereocenters. The summed E-state index contributed by atoms with van der Waals surface area (Å²) in [6, 6.07) is 18.2. The summed E-state index contributed by atoms with van der Waals surface area (Å²) < 4.78 is 22.8. The van der Waals surface area contributed by atoms with E-state index < -0.39 is 0 Å². The molecule has 2 aromatic heterocycles. The van der Waals surface area contributed by atoms with Crippen LogP contribution in [0, 0.1) is 0 Å². The highest BCUT2D eigenvalue weighted by Gasteiger charge is 2.16. The zero-order valence-electron chi connectivity index (χ0n) is 17.6. The number of nitrogens with zero attached hydrogens (tertiary/aromatic N) is 3. The van der Waals surface area contributed by atoms with Gasteiger partial charge >= 0.3 is 6.01 Å². The zero-order chi connectivity index (χ0) is 22.3. The molecule has 0 spiro atoms. The van der Waals surface area contributed by atoms with E-state index in [1.54, 1.807) is 43.2 Å². The predicted molar refractivity (Wildman–Crippen MR) is 117 cm³/mol. The fourth-order valence-corrected chi connectivity index (χ4v) is 3.02. The number of ether oxygens (including phenoxy) is 3. The second kappa shape index (κ2) is 9.80. The number of benzene rings is 2. The Bertz CT molecular complexity index is 1190. The number of nitrogens with one attached hydrogen (secondary N) is 1. The summed E-state index contributed by atoms with van der Waals surface area (Å²) in [6.45, 7) is 0.731. The molecule has 32 heavy (non-hydrogen) atoms. The molecule has 2 heterocycles. The minimum absolute atomic E-state index is 0.213. The molecule has 0 unspecified atom stereocenters. The molecule has 4 rings (SSSR count). The minimum atomic E-state index is -0.345. The maximum atomic E-state index is 12.3. The van der Waals surface area contributed by atoms with E-state index in [9.17, 15) is 4.79 Å². The van der Waals surface area contributed by atoms with Crippen LogP contribution in [0.15, 0.2) is 71.3 Å². The van der Waals surface area contributed by atoms with Crippen molar-refractivity contribution < 1.29 is 23.4 Å². The van der Waals surface area contributed by atoms with Gasteiger partial charge in [-0.05, 0) is 42.5 Å². The van der Waals surface area contributed by atoms with Crippen molar-refractivity contribution >= 4 is 11.6 Å². The fourth-order valence-electron chi connectivity index (χ4n) is 3.02. The van der Waals surface area contributed by atoms with E-state index in [0.717, 1.165) is 5.56 Å². The lowest BCUT2D eigenvalue weighted by Gasteiger charge is -2.09. The third kappa shape index (κ3) is 4.79. The van der Waals surface area contributed by atoms with Gasteiger partial charge in [-0.1, -0.05) is 18.2 Å². The number of amides is 1. The highest BCUT2D eigenvalue weighted by atomic mass is 16.5. The van der Waals surface area contributed by atoms with Crippen molar-refractivity contribution in [2.75, 3.05) is 32.8 Å². The summed E-state index contributed by atoms with van der Waals surface area (Å²) in [7, 11) is 3.20. The Balaban J connectivity index is 1.69. The van der Waals surface area contributed by atoms with Crippen molar-refractivity contribution in [1.82, 2.24) is 14.8 Å². The molecular formula is C23H22N4O5. The number of methoxy groups -OCH3 is 2. The van der Waals surface area contributed by atoms with Crippen LogP contribution < -0.4 is 14.8 Å². The third-order valence-corrected chi connectivity index (χ3v) is 4.53. The number of carbonyl (C=O) groups is 1. The SMILES string of the molecule is COCCOc1nc(-c2cccc(OC)c2)n(-c2cccc(NC(=O)c3ccco3)c2)n1. The average Bonchev–Trinajstić information content (AvgIpc) is 3.50. The van der Waals surface area contributed by atoms with Crippen LogP contribution in [-0.4, -0.2) is 48.1 Å². The van der Waals surface area contributed by atoms with Gasteiger partial charge in [-0.15, -0.1) is 5.10 Å². The molecule has 0 aliphatic rings. The van der Waals surface area contributed by atoms with Crippen molar-refractivity contribution in [2.45, 2.75) is 0 Å². The van der Waals surface area contributed by atoms with E-state index in [1.165, 1.54) is 6.26 Å². The monoisotopic (exact) mass is 434 g/mol. The highest BCUT2D eigenvalue weighted by Crippen LogP contribution is 2.27. The molecule has 1 amide bonds. The Morgan fingerprint density at radius 1 is 1.06 bits per heavy atom. The highest BCUT2D eigenvalue weighted by molar-refractivity contribution is 6.02. The fraction of sp³-hybridized carbons (Fsp3) is 0.174. The van der Waals surface area contributed by atoms with Crippen LogP contribution in [0.4, 0.5) is 5.69 Å². The van der Waals surface area contributed by atoms with Crippen molar-refractivity contribution in [3.05, 3.63) is 72.7 Å². The molecule has 9 nitrogen and oxygen atoms in total. The van der Waals surface area contributed by atoms with Crippen LogP contribution in [0.25, 0.3) is 17.1 Å². The molecule has 2 aromatic carbocycles. The van der Waals surface area contributed by atoms with Crippen LogP contribution in [0.2, 0.25) is 0 Å². The van der Waals surface area contributed by atoms with Gasteiger partial charge in [-0.2, -0.15) is 4.98 Å². The first-order valence-electron chi connectivity index (χ1n) is 9.86. The Labute approximate surface area is 184 Å². The predicted octanol–water partition coefficient (Wildman–Crippen LogP) is 3.81. The molecule has 9 heteroatoms. The van der Waals surface area contributed by atoms with Crippen LogP contribution in [0.3, 0.4) is 0 Å². The zero-order valence-corrected chi connectivity index (χ0v) is 17.6. The van der Waals surface area contributed by atoms with E-state index in [0.29, 0.717) is 36.2 Å². The Morgan fingerprint density at radius 2 is 1.94 bits per heavy atom. The molecule has 0 bridgehead atoms. The summed E-state index contributed by atoms with van der Waals surface area (Å²) in [4.78, 5) is 16.9. The lowest BCUT2D eigenvalue weighted by Crippen LogP contribution is -2.11. The topological polar surface area (TPSA) is 101 Å². The first-order valence-corrected chi connectivity index (χ1v) is 9.86. The lowest BCUT2D eigenvalue weighted by molar-refractivity contribution is 0.0996. The Kier molecular flexibility index (Phi) is 6.47. The number of hydrogen-bond donors (Lipinski definition) is 1. The standard InChI is InChI=1S/C23H22N4O5/c1-29-12-13-32-23-25-21(16-6-3-9-19(14-16)30-2)27(26-23)18-8-4-7-17(15-18)24-22(28)20-10-5-11-31-20/h3-11,14-15H,12-13H2,1-2H3,(H,24,28). The van der Waals surface area contributed by atoms with E-state index in [4.69, 9.17) is 18.6 Å². The van der Waals surface area contributed by atoms with E-state index in [-0.39, 0.29) is 17.7 Å². The number of aromatic nitrogens is 3. The van der Waals surface area contributed by atoms with Crippen molar-refractivity contribution in [3.63, 3.8) is 0 Å². The van der Waals surface area contributed by atoms with E-state index >= 15 is 0 Å². The summed E-state index contributed by atoms with van der Waals surface area (Å²) in [5, 5.41) is 7.33. The Hall–Kier alpha value is -4.11. The second-order valence-corrected chi connectivity index (χ2v) is 6.68. The van der Waals surface area contributed by atoms with Gasteiger partial charge in [0.05, 0.1) is 25.7 Å². The molecule has 164 valence electrons. The smallest absolute Gasteiger partial charge is 0.336 e. The molecule has 0 saturated carbocycles. The van der Waals surface area contributed by atoms with Crippen molar-refractivity contribution in [3.8, 4) is 28.8 Å². The van der Waals surface area contributed by atoms with E-state index in [2.05, 4.69) is 15.4 Å². The van der Waals surface area contributed by atoms with Gasteiger partial charge in [0.1, 0.15) is 12.4 Å². The van der Waals surface area contributed by atoms with Gasteiger partial charge < -0.3 is 23.9 Å². The molecule has 0 radical (unpaired) electrons. The molecule has 0 aliphatic carbocycles. The van der Waals surface area contributed by atoms with Gasteiger partial charge in [0.25, 0.3) is 5.91 Å². The normalized spacial score (nSPS) is 10.7. The average molecular weight is 434 g/mol. The molecular weight excluding hydrogens is 412 g/mol. The molecule has 1 N–H and O–H groups in total. The first kappa shape index (κ1) is 21.1. The van der Waals surface area contributed by atoms with Crippen molar-refractivity contribution in [2.24, 2.45) is 0 Å². The summed E-state index contributed by atoms with van der Waals surface area (Å²) in [5.41, 5.74) is 2.07. The molecule has 0 fully saturated rings. The van der Waals surface area contributed by atoms with Crippen molar-refractivity contribution in [1.29, 1.82) is 0 Å². The largest absolute Gasteiger partial charge is 0.497 e. The number of rotatable bonds is 9. The first-order chi connectivity index (χ1) is 15.7. The maximum absolute atomic E-state index is 12.3. The van der Waals surface area contributed by atoms with Crippen LogP contribution >= 0.6 is 0 Å². The summed E-state index contributed by atoms with van der Waals surface area (Å²) >= 11 is 0. The number of carbonyl (C=O) groups excluding carboxylic acids is 1. The maximum Gasteiger partial charge on any atom is 0.336 e. The lowest BCUT2D eigenvalue weighted by atomic mass is 10.2. The minimum Gasteiger partial charge on any atom is -0.497 e. The van der Waals surface area contributed by atoms with Gasteiger partial charge in [-0.25, -0.2) is 4.68 Å². The van der Waals surface area contributed by atoms with Crippen LogP contribution in [0.1, 0.15) is 10.6 Å². The quantitative estimate of drug-likeness (QED) is 0.400. The van der Waals surface area contributed by atoms with Gasteiger partial charge in [0, 0.05) is 18.4 Å². The van der Waals surface area contributed by atoms with Gasteiger partial charge in [0.2, 0.25) is 0 Å². The summed E-state index contributed by atoms with van der Waals surface area (Å²) in [5.74, 6) is 1.13. The Morgan fingerprint density at radius 3 is 2.72 bits per heavy atom. The molecule has 0 saturated heterocycles. The van der Waals surface area contributed by atoms with Crippen LogP contribution in [-0.2, 0) is 4.74 Å². The number of hydrogen-bond acceptors (Lipinski definition) is 7. The number of furan rings is 1. The van der Waals surface area contributed by atoms with Gasteiger partial charge in [-0.3, -0.25) is 4.79 Å². The third-order valence-electron chi connectivity index (χ3n) is 4.53. The van der Waals surface area contributed by atoms with Gasteiger partial charge in [0.15, 0.2) is 11.6 Å². The molecule has 0 aliphatic heterocycles. The van der Waals surface area contributed by atoms with Crippen LogP contribution in [0.5, 0.6) is 11.8 Å². The van der Waals surface area contributed by atoms with E-state index in [1.807, 2.05) is 36.4 Å². The second-order valence-electron chi connectivity index (χ2n) is 6.68.